The van der Waals surface area contributed by atoms with Gasteiger partial charge >= 0.3 is 0 Å². The van der Waals surface area contributed by atoms with Gasteiger partial charge in [-0.05, 0) is 32.4 Å². The second kappa shape index (κ2) is 11.4. The van der Waals surface area contributed by atoms with Crippen LogP contribution >= 0.6 is 0 Å². The molecule has 0 aliphatic rings. The number of nitrogens with zero attached hydrogens (tertiary/aromatic N) is 2. The van der Waals surface area contributed by atoms with Gasteiger partial charge in [0.05, 0.1) is 12.2 Å². The van der Waals surface area contributed by atoms with Crippen LogP contribution in [0.25, 0.3) is 0 Å². The van der Waals surface area contributed by atoms with Crippen molar-refractivity contribution < 1.29 is 23.1 Å². The summed E-state index contributed by atoms with van der Waals surface area (Å²) < 4.78 is 34.7. The molecule has 0 aromatic carbocycles. The van der Waals surface area contributed by atoms with Crippen molar-refractivity contribution in [2.75, 3.05) is 6.61 Å². The summed E-state index contributed by atoms with van der Waals surface area (Å²) in [5, 5.41) is 5.48. The Hall–Kier alpha value is -3.49. The highest BCUT2D eigenvalue weighted by Crippen LogP contribution is 2.35. The fourth-order valence-corrected chi connectivity index (χ4v) is 3.12. The molecule has 1 atom stereocenters. The lowest BCUT2D eigenvalue weighted by atomic mass is 9.82. The Morgan fingerprint density at radius 3 is 2.58 bits per heavy atom. The molecule has 0 saturated carbocycles. The van der Waals surface area contributed by atoms with Crippen LogP contribution in [0.2, 0.25) is 0 Å². The van der Waals surface area contributed by atoms with Crippen molar-refractivity contribution in [2.45, 2.75) is 47.3 Å². The van der Waals surface area contributed by atoms with Crippen molar-refractivity contribution in [3.8, 4) is 5.88 Å². The number of carbonyl (C=O) groups is 2. The van der Waals surface area contributed by atoms with E-state index in [2.05, 4.69) is 22.2 Å². The average molecular weight is 461 g/mol. The Bertz CT molecular complexity index is 1020. The SMILES string of the molecule is C=C(C)C(/C=C/C)(COc1ccc(CNC(=O)c2cc(C)n(CNC(C)=O)c2)cn1)C(F)F. The monoisotopic (exact) mass is 460 g/mol. The largest absolute Gasteiger partial charge is 0.476 e. The number of aromatic nitrogens is 2. The first-order valence-corrected chi connectivity index (χ1v) is 10.4. The van der Waals surface area contributed by atoms with Crippen LogP contribution in [0.4, 0.5) is 8.78 Å². The van der Waals surface area contributed by atoms with Gasteiger partial charge in [0, 0.05) is 37.6 Å². The number of rotatable bonds is 11. The van der Waals surface area contributed by atoms with Crippen LogP contribution in [-0.2, 0) is 18.0 Å². The summed E-state index contributed by atoms with van der Waals surface area (Å²) in [6, 6.07) is 5.00. The van der Waals surface area contributed by atoms with Gasteiger partial charge in [-0.15, -0.1) is 0 Å². The molecule has 9 heteroatoms. The van der Waals surface area contributed by atoms with E-state index in [1.54, 1.807) is 48.9 Å². The van der Waals surface area contributed by atoms with Gasteiger partial charge in [0.25, 0.3) is 12.3 Å². The highest BCUT2D eigenvalue weighted by Gasteiger charge is 2.39. The van der Waals surface area contributed by atoms with Gasteiger partial charge in [0.15, 0.2) is 0 Å². The Balaban J connectivity index is 1.95. The number of hydrogen-bond donors (Lipinski definition) is 2. The van der Waals surface area contributed by atoms with Gasteiger partial charge in [-0.2, -0.15) is 0 Å². The molecule has 7 nitrogen and oxygen atoms in total. The molecule has 33 heavy (non-hydrogen) atoms. The molecule has 2 N–H and O–H groups in total. The zero-order chi connectivity index (χ0) is 24.6. The number of hydrogen-bond acceptors (Lipinski definition) is 4. The normalized spacial score (nSPS) is 13.1. The van der Waals surface area contributed by atoms with E-state index in [-0.39, 0.29) is 37.5 Å². The first-order valence-electron chi connectivity index (χ1n) is 10.4. The minimum Gasteiger partial charge on any atom is -0.476 e. The van der Waals surface area contributed by atoms with Crippen LogP contribution in [-0.4, -0.2) is 34.4 Å². The molecule has 0 aliphatic heterocycles. The lowest BCUT2D eigenvalue weighted by molar-refractivity contribution is -0.119. The maximum atomic E-state index is 13.7. The molecule has 0 radical (unpaired) electrons. The molecule has 2 aromatic rings. The van der Waals surface area contributed by atoms with Gasteiger partial charge in [-0.1, -0.05) is 30.4 Å². The molecule has 2 amide bonds. The molecule has 0 fully saturated rings. The molecule has 0 spiro atoms. The van der Waals surface area contributed by atoms with E-state index < -0.39 is 11.8 Å². The topological polar surface area (TPSA) is 85.2 Å². The van der Waals surface area contributed by atoms with Crippen molar-refractivity contribution in [2.24, 2.45) is 5.41 Å². The van der Waals surface area contributed by atoms with Crippen LogP contribution in [0.15, 0.2) is 54.9 Å². The third kappa shape index (κ3) is 6.74. The Morgan fingerprint density at radius 1 is 1.30 bits per heavy atom. The third-order valence-electron chi connectivity index (χ3n) is 5.23. The van der Waals surface area contributed by atoms with Gasteiger partial charge in [0.1, 0.15) is 12.0 Å². The van der Waals surface area contributed by atoms with Gasteiger partial charge in [-0.25, -0.2) is 13.8 Å². The molecule has 2 aromatic heterocycles. The quantitative estimate of drug-likeness (QED) is 0.497. The maximum Gasteiger partial charge on any atom is 0.254 e. The molecule has 0 saturated heterocycles. The summed E-state index contributed by atoms with van der Waals surface area (Å²) >= 11 is 0. The van der Waals surface area contributed by atoms with Crippen LogP contribution in [0.3, 0.4) is 0 Å². The van der Waals surface area contributed by atoms with E-state index in [4.69, 9.17) is 4.74 Å². The molecule has 0 bridgehead atoms. The minimum absolute atomic E-state index is 0.157. The fourth-order valence-electron chi connectivity index (χ4n) is 3.12. The molecule has 178 valence electrons. The third-order valence-corrected chi connectivity index (χ3v) is 5.23. The minimum atomic E-state index is -2.67. The van der Waals surface area contributed by atoms with E-state index in [0.717, 1.165) is 11.3 Å². The Morgan fingerprint density at radius 2 is 2.03 bits per heavy atom. The summed E-state index contributed by atoms with van der Waals surface area (Å²) in [5.74, 6) is -0.226. The standard InChI is InChI=1S/C24H30F2N4O3/c1-6-9-24(16(2)3,23(25)26)14-33-21-8-7-19(11-27-21)12-28-22(32)20-10-17(4)30(13-20)15-29-18(5)31/h6-11,13,23H,2,12,14-15H2,1,3-5H3,(H,28,32)(H,29,31)/b9-6+. The second-order valence-corrected chi connectivity index (χ2v) is 7.83. The van der Waals surface area contributed by atoms with Gasteiger partial charge in [0.2, 0.25) is 11.8 Å². The smallest absolute Gasteiger partial charge is 0.254 e. The molecular formula is C24H30F2N4O3. The van der Waals surface area contributed by atoms with Crippen molar-refractivity contribution in [3.05, 3.63) is 71.7 Å². The highest BCUT2D eigenvalue weighted by atomic mass is 19.3. The molecule has 2 rings (SSSR count). The van der Waals surface area contributed by atoms with Crippen LogP contribution in [0, 0.1) is 12.3 Å². The number of aryl methyl sites for hydroxylation is 1. The molecule has 1 unspecified atom stereocenters. The van der Waals surface area contributed by atoms with Crippen molar-refractivity contribution >= 4 is 11.8 Å². The lowest BCUT2D eigenvalue weighted by Crippen LogP contribution is -2.35. The number of ether oxygens (including phenoxy) is 1. The van der Waals surface area contributed by atoms with Gasteiger partial charge in [-0.3, -0.25) is 9.59 Å². The summed E-state index contributed by atoms with van der Waals surface area (Å²) in [4.78, 5) is 27.7. The summed E-state index contributed by atoms with van der Waals surface area (Å²) in [6.45, 7) is 10.4. The second-order valence-electron chi connectivity index (χ2n) is 7.83. The molecular weight excluding hydrogens is 430 g/mol. The summed E-state index contributed by atoms with van der Waals surface area (Å²) in [5.41, 5.74) is 0.745. The van der Waals surface area contributed by atoms with E-state index >= 15 is 0 Å². The number of halogens is 2. The number of alkyl halides is 2. The highest BCUT2D eigenvalue weighted by molar-refractivity contribution is 5.94. The number of carbonyl (C=O) groups excluding carboxylic acids is 2. The number of pyridine rings is 1. The Kier molecular flexibility index (Phi) is 8.90. The summed E-state index contributed by atoms with van der Waals surface area (Å²) in [7, 11) is 0. The molecule has 0 aliphatic carbocycles. The van der Waals surface area contributed by atoms with E-state index in [1.807, 2.05) is 6.92 Å². The number of amides is 2. The van der Waals surface area contributed by atoms with Crippen LogP contribution in [0.1, 0.15) is 42.4 Å². The maximum absolute atomic E-state index is 13.7. The van der Waals surface area contributed by atoms with E-state index in [1.165, 1.54) is 19.2 Å². The zero-order valence-corrected chi connectivity index (χ0v) is 19.3. The molecule has 2 heterocycles. The van der Waals surface area contributed by atoms with Crippen LogP contribution < -0.4 is 15.4 Å². The first kappa shape index (κ1) is 25.8. The van der Waals surface area contributed by atoms with Crippen LogP contribution in [0.5, 0.6) is 5.88 Å². The average Bonchev–Trinajstić information content (AvgIpc) is 3.14. The first-order chi connectivity index (χ1) is 15.6. The number of allylic oxidation sites excluding steroid dienone is 1. The van der Waals surface area contributed by atoms with Gasteiger partial charge < -0.3 is 19.9 Å². The van der Waals surface area contributed by atoms with E-state index in [0.29, 0.717) is 11.1 Å². The zero-order valence-electron chi connectivity index (χ0n) is 19.3. The predicted octanol–water partition coefficient (Wildman–Crippen LogP) is 4.00. The van der Waals surface area contributed by atoms with Crippen molar-refractivity contribution in [1.82, 2.24) is 20.2 Å². The van der Waals surface area contributed by atoms with E-state index in [9.17, 15) is 18.4 Å². The lowest BCUT2D eigenvalue weighted by Gasteiger charge is -2.30. The van der Waals surface area contributed by atoms with Crippen molar-refractivity contribution in [3.63, 3.8) is 0 Å². The van der Waals surface area contributed by atoms with Crippen molar-refractivity contribution in [1.29, 1.82) is 0 Å². The number of nitrogens with one attached hydrogen (secondary N) is 2. The summed E-state index contributed by atoms with van der Waals surface area (Å²) in [6.07, 6.45) is 3.46. The predicted molar refractivity (Wildman–Crippen MR) is 122 cm³/mol. The fraction of sp³-hybridized carbons (Fsp3) is 0.375. The Labute approximate surface area is 192 Å².